The van der Waals surface area contributed by atoms with E-state index in [2.05, 4.69) is 25.1 Å². The van der Waals surface area contributed by atoms with Gasteiger partial charge in [-0.05, 0) is 24.5 Å². The Bertz CT molecular complexity index is 365. The summed E-state index contributed by atoms with van der Waals surface area (Å²) in [5, 5.41) is 3.32. The fourth-order valence-electron chi connectivity index (χ4n) is 1.59. The van der Waals surface area contributed by atoms with Crippen molar-refractivity contribution in [1.29, 1.82) is 0 Å². The summed E-state index contributed by atoms with van der Waals surface area (Å²) in [7, 11) is 1.66. The van der Waals surface area contributed by atoms with Gasteiger partial charge in [0.2, 0.25) is 0 Å². The van der Waals surface area contributed by atoms with Crippen molar-refractivity contribution in [2.24, 2.45) is 5.92 Å². The van der Waals surface area contributed by atoms with Crippen LogP contribution in [0, 0.1) is 18.3 Å². The Labute approximate surface area is 98.0 Å². The lowest BCUT2D eigenvalue weighted by atomic mass is 10.0. The van der Waals surface area contributed by atoms with Crippen LogP contribution in [0.2, 0.25) is 0 Å². The molecule has 0 amide bonds. The molecule has 0 saturated carbocycles. The largest absolute Gasteiger partial charge is 0.495 e. The number of ether oxygens (including phenoxy) is 1. The molecular weight excluding hydrogens is 198 g/mol. The number of hydrogen-bond acceptors (Lipinski definition) is 2. The van der Waals surface area contributed by atoms with Crippen LogP contribution in [-0.2, 0) is 0 Å². The molecule has 86 valence electrons. The number of terminal acetylenes is 1. The highest BCUT2D eigenvalue weighted by atomic mass is 16.5. The molecule has 1 atom stereocenters. The number of nitrogens with one attached hydrogen (secondary N) is 1. The Morgan fingerprint density at radius 3 is 2.62 bits per heavy atom. The molecule has 1 aromatic rings. The van der Waals surface area contributed by atoms with E-state index in [0.717, 1.165) is 17.9 Å². The van der Waals surface area contributed by atoms with Crippen molar-refractivity contribution in [3.8, 4) is 18.1 Å². The minimum Gasteiger partial charge on any atom is -0.495 e. The molecule has 1 aromatic carbocycles. The first-order valence-electron chi connectivity index (χ1n) is 5.53. The number of rotatable bonds is 5. The van der Waals surface area contributed by atoms with E-state index >= 15 is 0 Å². The molecule has 1 N–H and O–H groups in total. The smallest absolute Gasteiger partial charge is 0.141 e. The average molecular weight is 217 g/mol. The molecule has 0 aromatic heterocycles. The zero-order chi connectivity index (χ0) is 12.0. The quantitative estimate of drug-likeness (QED) is 0.765. The summed E-state index contributed by atoms with van der Waals surface area (Å²) in [6.07, 6.45) is 6.46. The lowest BCUT2D eigenvalue weighted by Crippen LogP contribution is -2.19. The van der Waals surface area contributed by atoms with Crippen molar-refractivity contribution in [3.05, 3.63) is 24.3 Å². The Kier molecular flexibility index (Phi) is 4.72. The van der Waals surface area contributed by atoms with E-state index in [1.807, 2.05) is 24.3 Å². The molecule has 2 nitrogen and oxygen atoms in total. The fraction of sp³-hybridized carbons (Fsp3) is 0.429. The molecule has 0 bridgehead atoms. The lowest BCUT2D eigenvalue weighted by molar-refractivity contribution is 0.416. The summed E-state index contributed by atoms with van der Waals surface area (Å²) in [5.74, 6) is 4.16. The van der Waals surface area contributed by atoms with E-state index in [9.17, 15) is 0 Å². The van der Waals surface area contributed by atoms with Crippen molar-refractivity contribution >= 4 is 5.69 Å². The second-order valence-electron chi connectivity index (χ2n) is 4.19. The molecule has 1 rings (SSSR count). The SMILES string of the molecule is C#C[C@H](CC(C)C)Nc1ccccc1OC. The molecular formula is C14H19NO. The maximum absolute atomic E-state index is 5.51. The van der Waals surface area contributed by atoms with Crippen LogP contribution >= 0.6 is 0 Å². The van der Waals surface area contributed by atoms with E-state index in [0.29, 0.717) is 5.92 Å². The number of para-hydroxylation sites is 2. The zero-order valence-electron chi connectivity index (χ0n) is 10.2. The molecule has 0 fully saturated rings. The Morgan fingerprint density at radius 2 is 2.06 bits per heavy atom. The number of benzene rings is 1. The van der Waals surface area contributed by atoms with Gasteiger partial charge >= 0.3 is 0 Å². The summed E-state index contributed by atoms with van der Waals surface area (Å²) in [6, 6.07) is 7.86. The maximum Gasteiger partial charge on any atom is 0.141 e. The molecule has 0 saturated heterocycles. The van der Waals surface area contributed by atoms with Gasteiger partial charge in [0.25, 0.3) is 0 Å². The molecule has 0 unspecified atom stereocenters. The molecule has 2 heteroatoms. The van der Waals surface area contributed by atoms with Crippen molar-refractivity contribution in [2.45, 2.75) is 26.3 Å². The molecule has 16 heavy (non-hydrogen) atoms. The Balaban J connectivity index is 2.74. The lowest BCUT2D eigenvalue weighted by Gasteiger charge is -2.18. The summed E-state index contributed by atoms with van der Waals surface area (Å²) in [6.45, 7) is 4.32. The molecule has 0 aliphatic rings. The van der Waals surface area contributed by atoms with Crippen molar-refractivity contribution in [3.63, 3.8) is 0 Å². The van der Waals surface area contributed by atoms with Crippen LogP contribution in [0.5, 0.6) is 5.75 Å². The van der Waals surface area contributed by atoms with Crippen LogP contribution in [-0.4, -0.2) is 13.2 Å². The predicted molar refractivity (Wildman–Crippen MR) is 68.7 cm³/mol. The molecule has 0 aliphatic carbocycles. The van der Waals surface area contributed by atoms with Gasteiger partial charge in [-0.2, -0.15) is 0 Å². The topological polar surface area (TPSA) is 21.3 Å². The summed E-state index contributed by atoms with van der Waals surface area (Å²) < 4.78 is 5.26. The van der Waals surface area contributed by atoms with Gasteiger partial charge in [-0.3, -0.25) is 0 Å². The van der Waals surface area contributed by atoms with E-state index in [4.69, 9.17) is 11.2 Å². The van der Waals surface area contributed by atoms with Crippen LogP contribution in [0.1, 0.15) is 20.3 Å². The summed E-state index contributed by atoms with van der Waals surface area (Å²) in [5.41, 5.74) is 0.952. The molecule has 0 spiro atoms. The highest BCUT2D eigenvalue weighted by Crippen LogP contribution is 2.24. The van der Waals surface area contributed by atoms with Crippen LogP contribution in [0.15, 0.2) is 24.3 Å². The van der Waals surface area contributed by atoms with E-state index < -0.39 is 0 Å². The minimum atomic E-state index is 0.0521. The van der Waals surface area contributed by atoms with Crippen LogP contribution in [0.25, 0.3) is 0 Å². The van der Waals surface area contributed by atoms with Gasteiger partial charge in [0.05, 0.1) is 18.8 Å². The van der Waals surface area contributed by atoms with Crippen LogP contribution in [0.3, 0.4) is 0 Å². The first-order chi connectivity index (χ1) is 7.67. The van der Waals surface area contributed by atoms with E-state index in [1.54, 1.807) is 7.11 Å². The third-order valence-electron chi connectivity index (χ3n) is 2.34. The van der Waals surface area contributed by atoms with Gasteiger partial charge in [0, 0.05) is 0 Å². The van der Waals surface area contributed by atoms with Gasteiger partial charge in [0.1, 0.15) is 5.75 Å². The minimum absolute atomic E-state index is 0.0521. The van der Waals surface area contributed by atoms with Gasteiger partial charge < -0.3 is 10.1 Å². The van der Waals surface area contributed by atoms with E-state index in [-0.39, 0.29) is 6.04 Å². The van der Waals surface area contributed by atoms with Crippen LogP contribution < -0.4 is 10.1 Å². The molecule has 0 radical (unpaired) electrons. The second-order valence-corrected chi connectivity index (χ2v) is 4.19. The average Bonchev–Trinajstić information content (AvgIpc) is 2.28. The first kappa shape index (κ1) is 12.4. The number of anilines is 1. The fourth-order valence-corrected chi connectivity index (χ4v) is 1.59. The van der Waals surface area contributed by atoms with Crippen LogP contribution in [0.4, 0.5) is 5.69 Å². The van der Waals surface area contributed by atoms with Gasteiger partial charge in [-0.25, -0.2) is 0 Å². The highest BCUT2D eigenvalue weighted by Gasteiger charge is 2.09. The van der Waals surface area contributed by atoms with Gasteiger partial charge in [0.15, 0.2) is 0 Å². The standard InChI is InChI=1S/C14H19NO/c1-5-12(10-11(2)3)15-13-8-6-7-9-14(13)16-4/h1,6-9,11-12,15H,10H2,2-4H3/t12-/m1/s1. The number of hydrogen-bond donors (Lipinski definition) is 1. The maximum atomic E-state index is 5.51. The van der Waals surface area contributed by atoms with Gasteiger partial charge in [-0.15, -0.1) is 6.42 Å². The summed E-state index contributed by atoms with van der Waals surface area (Å²) >= 11 is 0. The Morgan fingerprint density at radius 1 is 1.38 bits per heavy atom. The molecule has 0 heterocycles. The predicted octanol–water partition coefficient (Wildman–Crippen LogP) is 3.16. The van der Waals surface area contributed by atoms with E-state index in [1.165, 1.54) is 0 Å². The summed E-state index contributed by atoms with van der Waals surface area (Å²) in [4.78, 5) is 0. The van der Waals surface area contributed by atoms with Crippen molar-refractivity contribution in [1.82, 2.24) is 0 Å². The zero-order valence-corrected chi connectivity index (χ0v) is 10.2. The first-order valence-corrected chi connectivity index (χ1v) is 5.53. The third kappa shape index (κ3) is 3.51. The van der Waals surface area contributed by atoms with Crippen molar-refractivity contribution < 1.29 is 4.74 Å². The molecule has 0 aliphatic heterocycles. The van der Waals surface area contributed by atoms with Crippen molar-refractivity contribution in [2.75, 3.05) is 12.4 Å². The normalized spacial score (nSPS) is 11.9. The highest BCUT2D eigenvalue weighted by molar-refractivity contribution is 5.57. The second kappa shape index (κ2) is 6.07. The third-order valence-corrected chi connectivity index (χ3v) is 2.34. The van der Waals surface area contributed by atoms with Gasteiger partial charge in [-0.1, -0.05) is 31.9 Å². The Hall–Kier alpha value is -1.62. The monoisotopic (exact) mass is 217 g/mol. The number of methoxy groups -OCH3 is 1.